The summed E-state index contributed by atoms with van der Waals surface area (Å²) >= 11 is 5.78. The van der Waals surface area contributed by atoms with Crippen LogP contribution in [0.3, 0.4) is 0 Å². The number of halogens is 1. The third-order valence-corrected chi connectivity index (χ3v) is 2.09. The highest BCUT2D eigenvalue weighted by Gasteiger charge is 2.05. The summed E-state index contributed by atoms with van der Waals surface area (Å²) in [6.45, 7) is 3.79. The van der Waals surface area contributed by atoms with Crippen molar-refractivity contribution in [2.75, 3.05) is 0 Å². The van der Waals surface area contributed by atoms with E-state index >= 15 is 0 Å². The Balaban J connectivity index is 2.24. The number of nitrogens with zero attached hydrogens (tertiary/aromatic N) is 2. The largest absolute Gasteiger partial charge is 0.419 e. The van der Waals surface area contributed by atoms with Gasteiger partial charge in [-0.05, 0) is 19.9 Å². The van der Waals surface area contributed by atoms with E-state index in [0.717, 1.165) is 11.3 Å². The van der Waals surface area contributed by atoms with Crippen LogP contribution in [0.2, 0.25) is 5.02 Å². The first kappa shape index (κ1) is 9.98. The van der Waals surface area contributed by atoms with Crippen molar-refractivity contribution in [2.45, 2.75) is 13.8 Å². The van der Waals surface area contributed by atoms with E-state index in [9.17, 15) is 0 Å². The van der Waals surface area contributed by atoms with Crippen LogP contribution in [0.4, 0.5) is 0 Å². The molecule has 0 radical (unpaired) electrons. The molecule has 0 aliphatic carbocycles. The van der Waals surface area contributed by atoms with Crippen LogP contribution < -0.4 is 4.74 Å². The van der Waals surface area contributed by atoms with Crippen molar-refractivity contribution < 1.29 is 4.74 Å². The Kier molecular flexibility index (Phi) is 2.60. The van der Waals surface area contributed by atoms with Gasteiger partial charge < -0.3 is 4.74 Å². The Morgan fingerprint density at radius 2 is 2.13 bits per heavy atom. The van der Waals surface area contributed by atoms with Crippen molar-refractivity contribution in [1.82, 2.24) is 15.2 Å². The van der Waals surface area contributed by atoms with E-state index in [-0.39, 0.29) is 0 Å². The molecule has 1 N–H and O–H groups in total. The van der Waals surface area contributed by atoms with Gasteiger partial charge in [-0.1, -0.05) is 11.6 Å². The highest BCUT2D eigenvalue weighted by Crippen LogP contribution is 2.23. The molecule has 5 heteroatoms. The molecular formula is C10H10ClN3O. The number of aromatic amines is 1. The molecular weight excluding hydrogens is 214 g/mol. The van der Waals surface area contributed by atoms with E-state index in [1.807, 2.05) is 13.8 Å². The van der Waals surface area contributed by atoms with Gasteiger partial charge in [0, 0.05) is 23.5 Å². The van der Waals surface area contributed by atoms with Crippen LogP contribution in [0.15, 0.2) is 18.3 Å². The van der Waals surface area contributed by atoms with Crippen molar-refractivity contribution in [2.24, 2.45) is 0 Å². The van der Waals surface area contributed by atoms with E-state index in [1.165, 1.54) is 0 Å². The van der Waals surface area contributed by atoms with E-state index in [1.54, 1.807) is 18.3 Å². The van der Waals surface area contributed by atoms with E-state index in [2.05, 4.69) is 15.2 Å². The average molecular weight is 224 g/mol. The van der Waals surface area contributed by atoms with E-state index in [4.69, 9.17) is 16.3 Å². The Morgan fingerprint density at radius 1 is 1.33 bits per heavy atom. The fourth-order valence-corrected chi connectivity index (χ4v) is 1.39. The van der Waals surface area contributed by atoms with Gasteiger partial charge in [-0.2, -0.15) is 0 Å². The molecule has 78 valence electrons. The van der Waals surface area contributed by atoms with Crippen molar-refractivity contribution in [3.8, 4) is 11.8 Å². The Hall–Kier alpha value is -1.55. The van der Waals surface area contributed by atoms with E-state index in [0.29, 0.717) is 16.8 Å². The lowest BCUT2D eigenvalue weighted by atomic mass is 10.3. The second-order valence-corrected chi connectivity index (χ2v) is 3.70. The molecule has 0 amide bonds. The first-order chi connectivity index (χ1) is 7.15. The van der Waals surface area contributed by atoms with Crippen LogP contribution in [0.1, 0.15) is 11.3 Å². The first-order valence-corrected chi connectivity index (χ1v) is 4.85. The molecule has 0 bridgehead atoms. The number of ether oxygens (including phenoxy) is 1. The molecule has 2 rings (SSSR count). The summed E-state index contributed by atoms with van der Waals surface area (Å²) in [5, 5.41) is 7.34. The molecule has 2 aromatic heterocycles. The van der Waals surface area contributed by atoms with Gasteiger partial charge in [0.05, 0.1) is 5.02 Å². The van der Waals surface area contributed by atoms with Crippen LogP contribution in [0.25, 0.3) is 0 Å². The van der Waals surface area contributed by atoms with Gasteiger partial charge in [-0.25, -0.2) is 4.98 Å². The Morgan fingerprint density at radius 3 is 2.73 bits per heavy atom. The fraction of sp³-hybridized carbons (Fsp3) is 0.200. The molecule has 0 fully saturated rings. The Bertz CT molecular complexity index is 481. The zero-order valence-corrected chi connectivity index (χ0v) is 9.17. The van der Waals surface area contributed by atoms with Crippen LogP contribution in [-0.2, 0) is 0 Å². The monoisotopic (exact) mass is 223 g/mol. The number of aryl methyl sites for hydroxylation is 2. The number of pyridine rings is 1. The molecule has 0 atom stereocenters. The molecule has 2 aromatic rings. The molecule has 0 aliphatic heterocycles. The van der Waals surface area contributed by atoms with Crippen molar-refractivity contribution in [3.05, 3.63) is 34.6 Å². The smallest absolute Gasteiger partial charge is 0.240 e. The zero-order chi connectivity index (χ0) is 10.8. The lowest BCUT2D eigenvalue weighted by Crippen LogP contribution is -1.91. The predicted molar refractivity (Wildman–Crippen MR) is 57.4 cm³/mol. The quantitative estimate of drug-likeness (QED) is 0.852. The minimum atomic E-state index is 0.505. The van der Waals surface area contributed by atoms with E-state index < -0.39 is 0 Å². The molecule has 0 spiro atoms. The van der Waals surface area contributed by atoms with Crippen LogP contribution in [0, 0.1) is 13.8 Å². The molecule has 0 saturated heterocycles. The summed E-state index contributed by atoms with van der Waals surface area (Å²) < 4.78 is 5.47. The number of nitrogens with one attached hydrogen (secondary N) is 1. The molecule has 0 aliphatic rings. The number of hydrogen-bond donors (Lipinski definition) is 1. The normalized spacial score (nSPS) is 10.3. The second kappa shape index (κ2) is 3.90. The van der Waals surface area contributed by atoms with Gasteiger partial charge in [-0.3, -0.25) is 5.10 Å². The van der Waals surface area contributed by atoms with Gasteiger partial charge in [0.15, 0.2) is 0 Å². The minimum absolute atomic E-state index is 0.505. The third kappa shape index (κ3) is 2.27. The van der Waals surface area contributed by atoms with Gasteiger partial charge >= 0.3 is 0 Å². The third-order valence-electron chi connectivity index (χ3n) is 1.88. The number of aromatic nitrogens is 3. The zero-order valence-electron chi connectivity index (χ0n) is 8.41. The SMILES string of the molecule is Cc1cc(Oc2ncc(Cl)cc2C)n[nH]1. The van der Waals surface area contributed by atoms with Gasteiger partial charge in [0.25, 0.3) is 0 Å². The Labute approximate surface area is 92.3 Å². The fourth-order valence-electron chi connectivity index (χ4n) is 1.18. The predicted octanol–water partition coefficient (Wildman–Crippen LogP) is 2.87. The minimum Gasteiger partial charge on any atom is -0.419 e. The number of rotatable bonds is 2. The molecule has 2 heterocycles. The standard InChI is InChI=1S/C10H10ClN3O/c1-6-3-8(11)5-12-10(6)15-9-4-7(2)13-14-9/h3-5H,1-2H3,(H,13,14). The van der Waals surface area contributed by atoms with Crippen LogP contribution in [-0.4, -0.2) is 15.2 Å². The van der Waals surface area contributed by atoms with Crippen molar-refractivity contribution in [1.29, 1.82) is 0 Å². The van der Waals surface area contributed by atoms with Crippen molar-refractivity contribution in [3.63, 3.8) is 0 Å². The molecule has 0 unspecified atom stereocenters. The number of hydrogen-bond acceptors (Lipinski definition) is 3. The summed E-state index contributed by atoms with van der Waals surface area (Å²) in [5.74, 6) is 1.02. The van der Waals surface area contributed by atoms with Gasteiger partial charge in [0.2, 0.25) is 11.8 Å². The summed E-state index contributed by atoms with van der Waals surface area (Å²) in [6.07, 6.45) is 1.55. The van der Waals surface area contributed by atoms with Gasteiger partial charge in [-0.15, -0.1) is 5.10 Å². The molecule has 0 aromatic carbocycles. The second-order valence-electron chi connectivity index (χ2n) is 3.27. The maximum absolute atomic E-state index is 5.78. The summed E-state index contributed by atoms with van der Waals surface area (Å²) in [5.41, 5.74) is 1.82. The summed E-state index contributed by atoms with van der Waals surface area (Å²) in [6, 6.07) is 3.60. The van der Waals surface area contributed by atoms with Crippen LogP contribution in [0.5, 0.6) is 11.8 Å². The highest BCUT2D eigenvalue weighted by atomic mass is 35.5. The topological polar surface area (TPSA) is 50.8 Å². The van der Waals surface area contributed by atoms with Gasteiger partial charge in [0.1, 0.15) is 0 Å². The average Bonchev–Trinajstić information content (AvgIpc) is 2.56. The maximum atomic E-state index is 5.78. The first-order valence-electron chi connectivity index (χ1n) is 4.47. The lowest BCUT2D eigenvalue weighted by molar-refractivity contribution is 0.440. The molecule has 4 nitrogen and oxygen atoms in total. The molecule has 0 saturated carbocycles. The highest BCUT2D eigenvalue weighted by molar-refractivity contribution is 6.30. The van der Waals surface area contributed by atoms with Crippen molar-refractivity contribution >= 4 is 11.6 Å². The lowest BCUT2D eigenvalue weighted by Gasteiger charge is -2.03. The summed E-state index contributed by atoms with van der Waals surface area (Å²) in [4.78, 5) is 4.07. The maximum Gasteiger partial charge on any atom is 0.240 e. The number of H-pyrrole nitrogens is 1. The molecule has 15 heavy (non-hydrogen) atoms. The van der Waals surface area contributed by atoms with Crippen LogP contribution >= 0.6 is 11.6 Å². The summed E-state index contributed by atoms with van der Waals surface area (Å²) in [7, 11) is 0.